The van der Waals surface area contributed by atoms with Gasteiger partial charge in [0.05, 0.1) is 6.26 Å². The van der Waals surface area contributed by atoms with Crippen LogP contribution in [0.1, 0.15) is 25.2 Å². The van der Waals surface area contributed by atoms with E-state index in [4.69, 9.17) is 9.15 Å². The van der Waals surface area contributed by atoms with Gasteiger partial charge in [0.25, 0.3) is 0 Å². The first-order valence-corrected chi connectivity index (χ1v) is 7.59. The number of rotatable bonds is 7. The molecule has 0 atom stereocenters. The molecule has 0 saturated heterocycles. The summed E-state index contributed by atoms with van der Waals surface area (Å²) in [4.78, 5) is 0. The molecule has 0 aliphatic carbocycles. The predicted octanol–water partition coefficient (Wildman–Crippen LogP) is 4.37. The van der Waals surface area contributed by atoms with E-state index in [-0.39, 0.29) is 0 Å². The Morgan fingerprint density at radius 1 is 1.20 bits per heavy atom. The molecule has 0 aliphatic rings. The maximum absolute atomic E-state index is 5.73. The molecule has 2 rings (SSSR count). The standard InChI is InChI=1S/C16H20BrNO2/c1-12(2)9-18-10-13-7-8-19-16(13)11-20-15-5-3-14(17)4-6-15/h3-8,12,18H,9-11H2,1-2H3. The first-order chi connectivity index (χ1) is 9.65. The van der Waals surface area contributed by atoms with E-state index in [1.165, 1.54) is 0 Å². The van der Waals surface area contributed by atoms with E-state index in [0.717, 1.165) is 34.6 Å². The van der Waals surface area contributed by atoms with Crippen molar-refractivity contribution in [3.8, 4) is 5.75 Å². The smallest absolute Gasteiger partial charge is 0.146 e. The van der Waals surface area contributed by atoms with Crippen LogP contribution in [-0.2, 0) is 13.2 Å². The maximum atomic E-state index is 5.73. The SMILES string of the molecule is CC(C)CNCc1ccoc1COc1ccc(Br)cc1. The third-order valence-corrected chi connectivity index (χ3v) is 3.42. The van der Waals surface area contributed by atoms with E-state index in [1.54, 1.807) is 6.26 Å². The summed E-state index contributed by atoms with van der Waals surface area (Å²) in [6, 6.07) is 9.78. The van der Waals surface area contributed by atoms with Crippen LogP contribution >= 0.6 is 15.9 Å². The molecule has 1 aromatic heterocycles. The lowest BCUT2D eigenvalue weighted by molar-refractivity contribution is 0.268. The minimum Gasteiger partial charge on any atom is -0.486 e. The van der Waals surface area contributed by atoms with Crippen LogP contribution in [0.4, 0.5) is 0 Å². The molecule has 1 N–H and O–H groups in total. The van der Waals surface area contributed by atoms with E-state index in [2.05, 4.69) is 35.1 Å². The molecule has 4 heteroatoms. The molecule has 0 unspecified atom stereocenters. The molecular weight excluding hydrogens is 318 g/mol. The fraction of sp³-hybridized carbons (Fsp3) is 0.375. The summed E-state index contributed by atoms with van der Waals surface area (Å²) in [6.45, 7) is 6.65. The molecule has 108 valence electrons. The second-order valence-corrected chi connectivity index (χ2v) is 6.05. The van der Waals surface area contributed by atoms with Crippen molar-refractivity contribution in [3.05, 3.63) is 52.4 Å². The fourth-order valence-corrected chi connectivity index (χ4v) is 2.09. The van der Waals surface area contributed by atoms with Gasteiger partial charge in [0.1, 0.15) is 18.1 Å². The van der Waals surface area contributed by atoms with E-state index in [0.29, 0.717) is 12.5 Å². The number of nitrogens with one attached hydrogen (secondary N) is 1. The first-order valence-electron chi connectivity index (χ1n) is 6.79. The quantitative estimate of drug-likeness (QED) is 0.814. The van der Waals surface area contributed by atoms with Crippen molar-refractivity contribution in [1.29, 1.82) is 0 Å². The Morgan fingerprint density at radius 2 is 1.95 bits per heavy atom. The third-order valence-electron chi connectivity index (χ3n) is 2.89. The summed E-state index contributed by atoms with van der Waals surface area (Å²) in [7, 11) is 0. The van der Waals surface area contributed by atoms with Crippen LogP contribution in [0.5, 0.6) is 5.75 Å². The molecule has 2 aromatic rings. The van der Waals surface area contributed by atoms with Crippen LogP contribution in [0, 0.1) is 5.92 Å². The van der Waals surface area contributed by atoms with Gasteiger partial charge in [-0.15, -0.1) is 0 Å². The van der Waals surface area contributed by atoms with Gasteiger partial charge in [-0.3, -0.25) is 0 Å². The van der Waals surface area contributed by atoms with E-state index in [1.807, 2.05) is 30.3 Å². The largest absolute Gasteiger partial charge is 0.486 e. The van der Waals surface area contributed by atoms with Gasteiger partial charge >= 0.3 is 0 Å². The van der Waals surface area contributed by atoms with Crippen LogP contribution in [-0.4, -0.2) is 6.54 Å². The Hall–Kier alpha value is -1.26. The minimum atomic E-state index is 0.452. The van der Waals surface area contributed by atoms with Crippen molar-refractivity contribution >= 4 is 15.9 Å². The normalized spacial score (nSPS) is 11.0. The van der Waals surface area contributed by atoms with Crippen molar-refractivity contribution in [1.82, 2.24) is 5.32 Å². The Kier molecular flexibility index (Phi) is 5.68. The van der Waals surface area contributed by atoms with Gasteiger partial charge in [-0.2, -0.15) is 0 Å². The van der Waals surface area contributed by atoms with Crippen molar-refractivity contribution in [2.75, 3.05) is 6.54 Å². The summed E-state index contributed by atoms with van der Waals surface area (Å²) in [6.07, 6.45) is 1.71. The lowest BCUT2D eigenvalue weighted by atomic mass is 10.2. The predicted molar refractivity (Wildman–Crippen MR) is 83.7 cm³/mol. The molecule has 0 spiro atoms. The van der Waals surface area contributed by atoms with Gasteiger partial charge in [0.2, 0.25) is 0 Å². The van der Waals surface area contributed by atoms with Crippen molar-refractivity contribution in [2.24, 2.45) is 5.92 Å². The highest BCUT2D eigenvalue weighted by Gasteiger charge is 2.07. The van der Waals surface area contributed by atoms with Crippen LogP contribution in [0.3, 0.4) is 0 Å². The van der Waals surface area contributed by atoms with Gasteiger partial charge in [-0.05, 0) is 42.8 Å². The Bertz CT molecular complexity index is 520. The lowest BCUT2D eigenvalue weighted by Gasteiger charge is -2.08. The van der Waals surface area contributed by atoms with Gasteiger partial charge in [0.15, 0.2) is 0 Å². The third kappa shape index (κ3) is 4.69. The molecule has 0 radical (unpaired) electrons. The Balaban J connectivity index is 1.86. The highest BCUT2D eigenvalue weighted by molar-refractivity contribution is 9.10. The zero-order valence-corrected chi connectivity index (χ0v) is 13.4. The van der Waals surface area contributed by atoms with Crippen LogP contribution in [0.2, 0.25) is 0 Å². The van der Waals surface area contributed by atoms with Crippen molar-refractivity contribution in [3.63, 3.8) is 0 Å². The van der Waals surface area contributed by atoms with E-state index < -0.39 is 0 Å². The van der Waals surface area contributed by atoms with Crippen LogP contribution < -0.4 is 10.1 Å². The molecule has 0 bridgehead atoms. The summed E-state index contributed by atoms with van der Waals surface area (Å²) < 4.78 is 12.3. The Morgan fingerprint density at radius 3 is 2.65 bits per heavy atom. The number of hydrogen-bond donors (Lipinski definition) is 1. The van der Waals surface area contributed by atoms with Gasteiger partial charge in [-0.25, -0.2) is 0 Å². The monoisotopic (exact) mass is 337 g/mol. The number of hydrogen-bond acceptors (Lipinski definition) is 3. The van der Waals surface area contributed by atoms with E-state index in [9.17, 15) is 0 Å². The molecule has 20 heavy (non-hydrogen) atoms. The second-order valence-electron chi connectivity index (χ2n) is 5.14. The molecule has 1 aromatic carbocycles. The van der Waals surface area contributed by atoms with Crippen LogP contribution in [0.25, 0.3) is 0 Å². The number of furan rings is 1. The summed E-state index contributed by atoms with van der Waals surface area (Å²) in [5.41, 5.74) is 1.16. The molecule has 1 heterocycles. The second kappa shape index (κ2) is 7.50. The molecule has 0 saturated carbocycles. The maximum Gasteiger partial charge on any atom is 0.146 e. The molecule has 0 fully saturated rings. The molecular formula is C16H20BrNO2. The number of halogens is 1. The number of benzene rings is 1. The van der Waals surface area contributed by atoms with Gasteiger partial charge in [0, 0.05) is 16.6 Å². The average Bonchev–Trinajstić information content (AvgIpc) is 2.85. The highest BCUT2D eigenvalue weighted by Crippen LogP contribution is 2.19. The van der Waals surface area contributed by atoms with Gasteiger partial charge < -0.3 is 14.5 Å². The number of ether oxygens (including phenoxy) is 1. The molecule has 0 aliphatic heterocycles. The van der Waals surface area contributed by atoms with Crippen molar-refractivity contribution < 1.29 is 9.15 Å². The summed E-state index contributed by atoms with van der Waals surface area (Å²) in [5.74, 6) is 2.36. The zero-order chi connectivity index (χ0) is 14.4. The van der Waals surface area contributed by atoms with Gasteiger partial charge in [-0.1, -0.05) is 29.8 Å². The average molecular weight is 338 g/mol. The van der Waals surface area contributed by atoms with Crippen molar-refractivity contribution in [2.45, 2.75) is 27.0 Å². The minimum absolute atomic E-state index is 0.452. The molecule has 0 amide bonds. The first kappa shape index (κ1) is 15.1. The summed E-state index contributed by atoms with van der Waals surface area (Å²) in [5, 5.41) is 3.41. The van der Waals surface area contributed by atoms with Crippen LogP contribution in [0.15, 0.2) is 45.5 Å². The highest BCUT2D eigenvalue weighted by atomic mass is 79.9. The summed E-state index contributed by atoms with van der Waals surface area (Å²) >= 11 is 3.40. The fourth-order valence-electron chi connectivity index (χ4n) is 1.83. The Labute approximate surface area is 128 Å². The molecule has 3 nitrogen and oxygen atoms in total. The lowest BCUT2D eigenvalue weighted by Crippen LogP contribution is -2.19. The van der Waals surface area contributed by atoms with E-state index >= 15 is 0 Å². The zero-order valence-electron chi connectivity index (χ0n) is 11.9. The topological polar surface area (TPSA) is 34.4 Å².